The molecule has 0 heterocycles. The molecule has 1 nitrogen and oxygen atoms in total. The van der Waals surface area contributed by atoms with Crippen LogP contribution in [0.15, 0.2) is 46.9 Å². The van der Waals surface area contributed by atoms with Crippen molar-refractivity contribution < 1.29 is 9.50 Å². The summed E-state index contributed by atoms with van der Waals surface area (Å²) in [5.74, 6) is -0.0393. The molecule has 0 saturated heterocycles. The molecule has 0 bridgehead atoms. The van der Waals surface area contributed by atoms with Crippen LogP contribution in [0.3, 0.4) is 0 Å². The summed E-state index contributed by atoms with van der Waals surface area (Å²) in [6.45, 7) is 0. The van der Waals surface area contributed by atoms with Crippen molar-refractivity contribution in [3.8, 4) is 0 Å². The average Bonchev–Trinajstić information content (AvgIpc) is 2.49. The smallest absolute Gasteiger partial charge is 0.127 e. The Morgan fingerprint density at radius 3 is 2.71 bits per heavy atom. The number of benzene rings is 2. The molecular weight excluding hydrogens is 331 g/mol. The van der Waals surface area contributed by atoms with Gasteiger partial charge in [-0.1, -0.05) is 46.3 Å². The normalized spacial score (nSPS) is 19.1. The van der Waals surface area contributed by atoms with E-state index >= 15 is 0 Å². The zero-order chi connectivity index (χ0) is 14.8. The summed E-state index contributed by atoms with van der Waals surface area (Å²) in [6.07, 6.45) is 2.74. The van der Waals surface area contributed by atoms with Gasteiger partial charge in [-0.25, -0.2) is 4.39 Å². The highest BCUT2D eigenvalue weighted by Gasteiger charge is 2.25. The fourth-order valence-electron chi connectivity index (χ4n) is 3.13. The minimum atomic E-state index is -0.492. The predicted molar refractivity (Wildman–Crippen MR) is 85.8 cm³/mol. The molecule has 21 heavy (non-hydrogen) atoms. The highest BCUT2D eigenvalue weighted by Crippen LogP contribution is 2.29. The molecule has 0 amide bonds. The molecule has 0 aliphatic heterocycles. The Labute approximate surface area is 132 Å². The van der Waals surface area contributed by atoms with Gasteiger partial charge in [0.15, 0.2) is 0 Å². The number of fused-ring (bicyclic) bond motifs is 1. The lowest BCUT2D eigenvalue weighted by Crippen LogP contribution is -2.28. The van der Waals surface area contributed by atoms with Crippen molar-refractivity contribution >= 4 is 15.9 Å². The fraction of sp³-hybridized carbons (Fsp3) is 0.333. The van der Waals surface area contributed by atoms with Gasteiger partial charge in [0.05, 0.1) is 6.10 Å². The maximum absolute atomic E-state index is 13.9. The van der Waals surface area contributed by atoms with Gasteiger partial charge >= 0.3 is 0 Å². The Bertz CT molecular complexity index is 641. The van der Waals surface area contributed by atoms with E-state index in [1.807, 2.05) is 12.1 Å². The first-order valence-electron chi connectivity index (χ1n) is 7.32. The van der Waals surface area contributed by atoms with E-state index in [0.717, 1.165) is 23.7 Å². The van der Waals surface area contributed by atoms with Crippen LogP contribution in [0.1, 0.15) is 23.1 Å². The number of rotatable bonds is 3. The lowest BCUT2D eigenvalue weighted by Gasteiger charge is -2.28. The molecular formula is C18H18BrFO. The van der Waals surface area contributed by atoms with Gasteiger partial charge in [-0.05, 0) is 54.0 Å². The van der Waals surface area contributed by atoms with Gasteiger partial charge in [0.1, 0.15) is 5.82 Å². The molecule has 1 aliphatic carbocycles. The number of aliphatic hydroxyl groups is 1. The minimum absolute atomic E-state index is 0.211. The summed E-state index contributed by atoms with van der Waals surface area (Å²) >= 11 is 3.25. The zero-order valence-electron chi connectivity index (χ0n) is 11.7. The van der Waals surface area contributed by atoms with Crippen LogP contribution in [-0.2, 0) is 19.3 Å². The quantitative estimate of drug-likeness (QED) is 0.876. The third kappa shape index (κ3) is 3.35. The van der Waals surface area contributed by atoms with E-state index in [9.17, 15) is 9.50 Å². The molecule has 1 N–H and O–H groups in total. The van der Waals surface area contributed by atoms with Gasteiger partial charge < -0.3 is 5.11 Å². The number of aliphatic hydroxyl groups excluding tert-OH is 1. The van der Waals surface area contributed by atoms with Gasteiger partial charge in [-0.3, -0.25) is 0 Å². The topological polar surface area (TPSA) is 20.2 Å². The van der Waals surface area contributed by atoms with Crippen molar-refractivity contribution in [2.75, 3.05) is 0 Å². The van der Waals surface area contributed by atoms with E-state index in [1.165, 1.54) is 17.2 Å². The molecule has 2 aromatic rings. The van der Waals surface area contributed by atoms with Crippen LogP contribution in [-0.4, -0.2) is 11.2 Å². The summed E-state index contributed by atoms with van der Waals surface area (Å²) in [5.41, 5.74) is 3.30. The largest absolute Gasteiger partial charge is 0.392 e. The van der Waals surface area contributed by atoms with Crippen LogP contribution in [0, 0.1) is 11.7 Å². The van der Waals surface area contributed by atoms with E-state index in [1.54, 1.807) is 6.07 Å². The lowest BCUT2D eigenvalue weighted by molar-refractivity contribution is 0.0984. The molecule has 3 heteroatoms. The van der Waals surface area contributed by atoms with Gasteiger partial charge in [-0.2, -0.15) is 0 Å². The van der Waals surface area contributed by atoms with Gasteiger partial charge in [0.25, 0.3) is 0 Å². The lowest BCUT2D eigenvalue weighted by atomic mass is 9.79. The second kappa shape index (κ2) is 6.29. The first-order chi connectivity index (χ1) is 10.1. The van der Waals surface area contributed by atoms with Crippen molar-refractivity contribution in [1.29, 1.82) is 0 Å². The number of hydrogen-bond donors (Lipinski definition) is 1. The third-order valence-corrected chi connectivity index (χ3v) is 4.87. The third-order valence-electron chi connectivity index (χ3n) is 4.37. The summed E-state index contributed by atoms with van der Waals surface area (Å²) < 4.78 is 14.6. The number of aryl methyl sites for hydroxylation is 1. The van der Waals surface area contributed by atoms with Crippen LogP contribution >= 0.6 is 15.9 Å². The van der Waals surface area contributed by atoms with Crippen molar-refractivity contribution in [2.24, 2.45) is 5.92 Å². The molecule has 1 aliphatic rings. The number of halogens is 2. The maximum Gasteiger partial charge on any atom is 0.127 e. The molecule has 3 rings (SSSR count). The van der Waals surface area contributed by atoms with Crippen LogP contribution in [0.4, 0.5) is 4.39 Å². The fourth-order valence-corrected chi connectivity index (χ4v) is 3.47. The molecule has 2 atom stereocenters. The van der Waals surface area contributed by atoms with Crippen molar-refractivity contribution in [3.05, 3.63) is 69.4 Å². The summed E-state index contributed by atoms with van der Waals surface area (Å²) in [6, 6.07) is 13.4. The van der Waals surface area contributed by atoms with Crippen LogP contribution in [0.25, 0.3) is 0 Å². The molecule has 0 spiro atoms. The van der Waals surface area contributed by atoms with Gasteiger partial charge in [0, 0.05) is 10.9 Å². The first-order valence-corrected chi connectivity index (χ1v) is 8.11. The summed E-state index contributed by atoms with van der Waals surface area (Å²) in [7, 11) is 0. The highest BCUT2D eigenvalue weighted by atomic mass is 79.9. The van der Waals surface area contributed by atoms with Crippen LogP contribution in [0.5, 0.6) is 0 Å². The standard InChI is InChI=1S/C18H18BrFO/c19-16-8-7-14(17(20)11-16)10-18(21)15-6-5-12-3-1-2-4-13(12)9-15/h1-4,7-8,11,15,18,21H,5-6,9-10H2. The first kappa shape index (κ1) is 14.7. The predicted octanol–water partition coefficient (Wildman–Crippen LogP) is 4.30. The molecule has 110 valence electrons. The summed E-state index contributed by atoms with van der Waals surface area (Å²) in [5, 5.41) is 10.5. The van der Waals surface area contributed by atoms with E-state index in [-0.39, 0.29) is 11.7 Å². The molecule has 0 radical (unpaired) electrons. The van der Waals surface area contributed by atoms with E-state index in [2.05, 4.69) is 34.1 Å². The van der Waals surface area contributed by atoms with Crippen molar-refractivity contribution in [1.82, 2.24) is 0 Å². The van der Waals surface area contributed by atoms with Crippen LogP contribution in [0.2, 0.25) is 0 Å². The van der Waals surface area contributed by atoms with Gasteiger partial charge in [-0.15, -0.1) is 0 Å². The van der Waals surface area contributed by atoms with Crippen molar-refractivity contribution in [2.45, 2.75) is 31.8 Å². The van der Waals surface area contributed by atoms with Crippen LogP contribution < -0.4 is 0 Å². The Kier molecular flexibility index (Phi) is 4.41. The molecule has 2 aromatic carbocycles. The van der Waals surface area contributed by atoms with E-state index in [0.29, 0.717) is 12.0 Å². The highest BCUT2D eigenvalue weighted by molar-refractivity contribution is 9.10. The zero-order valence-corrected chi connectivity index (χ0v) is 13.3. The second-order valence-corrected chi connectivity index (χ2v) is 6.69. The second-order valence-electron chi connectivity index (χ2n) is 5.78. The Balaban J connectivity index is 1.70. The summed E-state index contributed by atoms with van der Waals surface area (Å²) in [4.78, 5) is 0. The Morgan fingerprint density at radius 1 is 1.19 bits per heavy atom. The monoisotopic (exact) mass is 348 g/mol. The van der Waals surface area contributed by atoms with E-state index < -0.39 is 6.10 Å². The Morgan fingerprint density at radius 2 is 1.95 bits per heavy atom. The maximum atomic E-state index is 13.9. The van der Waals surface area contributed by atoms with Crippen molar-refractivity contribution in [3.63, 3.8) is 0 Å². The average molecular weight is 349 g/mol. The Hall–Kier alpha value is -1.19. The molecule has 0 fully saturated rings. The molecule has 2 unspecified atom stereocenters. The molecule has 0 aromatic heterocycles. The van der Waals surface area contributed by atoms with E-state index in [4.69, 9.17) is 0 Å². The van der Waals surface area contributed by atoms with Gasteiger partial charge in [0.2, 0.25) is 0 Å². The minimum Gasteiger partial charge on any atom is -0.392 e. The SMILES string of the molecule is OC(Cc1ccc(Br)cc1F)C1CCc2ccccc2C1. The molecule has 0 saturated carbocycles. The number of hydrogen-bond acceptors (Lipinski definition) is 1.